The molecular weight excluding hydrogens is 264 g/mol. The first-order valence-corrected chi connectivity index (χ1v) is 7.81. The zero-order valence-electron chi connectivity index (χ0n) is 12.9. The van der Waals surface area contributed by atoms with E-state index in [0.717, 1.165) is 19.4 Å². The van der Waals surface area contributed by atoms with Crippen molar-refractivity contribution in [3.63, 3.8) is 0 Å². The van der Waals surface area contributed by atoms with Crippen LogP contribution >= 0.6 is 0 Å². The number of nitrogens with zero attached hydrogens (tertiary/aromatic N) is 2. The van der Waals surface area contributed by atoms with E-state index in [2.05, 4.69) is 24.0 Å². The van der Waals surface area contributed by atoms with Crippen LogP contribution in [0.3, 0.4) is 0 Å². The molecule has 2 atom stereocenters. The van der Waals surface area contributed by atoms with Gasteiger partial charge in [0, 0.05) is 19.6 Å². The van der Waals surface area contributed by atoms with E-state index in [-0.39, 0.29) is 18.1 Å². The maximum atomic E-state index is 12.4. The highest BCUT2D eigenvalue weighted by molar-refractivity contribution is 5.78. The molecule has 114 valence electrons. The fourth-order valence-electron chi connectivity index (χ4n) is 2.98. The van der Waals surface area contributed by atoms with Gasteiger partial charge in [-0.3, -0.25) is 9.69 Å². The molecule has 21 heavy (non-hydrogen) atoms. The van der Waals surface area contributed by atoms with Gasteiger partial charge in [-0.2, -0.15) is 0 Å². The first-order chi connectivity index (χ1) is 10.1. The fraction of sp³-hybridized carbons (Fsp3) is 0.588. The van der Waals surface area contributed by atoms with E-state index in [0.29, 0.717) is 19.2 Å². The van der Waals surface area contributed by atoms with Crippen molar-refractivity contribution in [2.45, 2.75) is 38.0 Å². The third-order valence-corrected chi connectivity index (χ3v) is 4.48. The van der Waals surface area contributed by atoms with Crippen LogP contribution in [0, 0.1) is 0 Å². The number of amides is 1. The van der Waals surface area contributed by atoms with E-state index in [1.807, 2.05) is 30.1 Å². The third kappa shape index (κ3) is 3.44. The van der Waals surface area contributed by atoms with E-state index < -0.39 is 0 Å². The van der Waals surface area contributed by atoms with Crippen LogP contribution in [0.1, 0.15) is 31.4 Å². The Morgan fingerprint density at radius 3 is 2.71 bits per heavy atom. The normalized spacial score (nSPS) is 26.6. The summed E-state index contributed by atoms with van der Waals surface area (Å²) in [7, 11) is 1.93. The lowest BCUT2D eigenvalue weighted by atomic mass is 10.0. The Hall–Kier alpha value is -1.39. The SMILES string of the molecule is C[C@@H]1CN(CC(=O)N(C)C2CC2)[C@@H](c2ccccc2)CO1. The van der Waals surface area contributed by atoms with Crippen LogP contribution in [0.2, 0.25) is 0 Å². The summed E-state index contributed by atoms with van der Waals surface area (Å²) >= 11 is 0. The second-order valence-electron chi connectivity index (χ2n) is 6.24. The maximum absolute atomic E-state index is 12.4. The molecule has 1 aliphatic heterocycles. The molecule has 1 amide bonds. The molecule has 3 rings (SSSR count). The lowest BCUT2D eigenvalue weighted by Gasteiger charge is -2.39. The van der Waals surface area contributed by atoms with Gasteiger partial charge in [0.25, 0.3) is 0 Å². The Kier molecular flexibility index (Phi) is 4.27. The molecule has 0 spiro atoms. The summed E-state index contributed by atoms with van der Waals surface area (Å²) in [5.74, 6) is 0.229. The number of ether oxygens (including phenoxy) is 1. The van der Waals surface area contributed by atoms with E-state index in [1.54, 1.807) is 0 Å². The highest BCUT2D eigenvalue weighted by Crippen LogP contribution is 2.28. The van der Waals surface area contributed by atoms with Crippen LogP contribution in [-0.4, -0.2) is 54.6 Å². The minimum Gasteiger partial charge on any atom is -0.375 e. The van der Waals surface area contributed by atoms with Crippen LogP contribution in [0.5, 0.6) is 0 Å². The standard InChI is InChI=1S/C17H24N2O2/c1-13-10-19(11-17(20)18(2)15-8-9-15)16(12-21-13)14-6-4-3-5-7-14/h3-7,13,15-16H,8-12H2,1-2H3/t13-,16-/m1/s1. The van der Waals surface area contributed by atoms with Gasteiger partial charge in [-0.25, -0.2) is 0 Å². The maximum Gasteiger partial charge on any atom is 0.236 e. The molecule has 2 aliphatic rings. The Labute approximate surface area is 126 Å². The van der Waals surface area contributed by atoms with Crippen LogP contribution in [0.25, 0.3) is 0 Å². The van der Waals surface area contributed by atoms with Crippen molar-refractivity contribution in [3.05, 3.63) is 35.9 Å². The molecule has 0 N–H and O–H groups in total. The van der Waals surface area contributed by atoms with Crippen molar-refractivity contribution < 1.29 is 9.53 Å². The predicted molar refractivity (Wildman–Crippen MR) is 82.0 cm³/mol. The molecule has 0 unspecified atom stereocenters. The lowest BCUT2D eigenvalue weighted by Crippen LogP contribution is -2.48. The van der Waals surface area contributed by atoms with E-state index in [9.17, 15) is 4.79 Å². The summed E-state index contributed by atoms with van der Waals surface area (Å²) in [5.41, 5.74) is 1.23. The molecule has 0 radical (unpaired) electrons. The van der Waals surface area contributed by atoms with Crippen molar-refractivity contribution in [1.29, 1.82) is 0 Å². The summed E-state index contributed by atoms with van der Waals surface area (Å²) in [6.45, 7) is 4.03. The third-order valence-electron chi connectivity index (χ3n) is 4.48. The zero-order valence-corrected chi connectivity index (χ0v) is 12.9. The molecule has 0 aromatic heterocycles. The molecule has 1 aliphatic carbocycles. The van der Waals surface area contributed by atoms with Crippen LogP contribution in [-0.2, 0) is 9.53 Å². The minimum atomic E-state index is 0.180. The second-order valence-corrected chi connectivity index (χ2v) is 6.24. The van der Waals surface area contributed by atoms with Crippen molar-refractivity contribution in [1.82, 2.24) is 9.80 Å². The Bertz CT molecular complexity index is 487. The van der Waals surface area contributed by atoms with E-state index >= 15 is 0 Å². The van der Waals surface area contributed by atoms with Gasteiger partial charge in [0.05, 0.1) is 25.3 Å². The molecule has 2 fully saturated rings. The molecule has 1 heterocycles. The number of hydrogen-bond donors (Lipinski definition) is 0. The second kappa shape index (κ2) is 6.16. The number of morpholine rings is 1. The summed E-state index contributed by atoms with van der Waals surface area (Å²) in [6, 6.07) is 11.0. The number of carbonyl (C=O) groups is 1. The number of carbonyl (C=O) groups excluding carboxylic acids is 1. The lowest BCUT2D eigenvalue weighted by molar-refractivity contribution is -0.135. The van der Waals surface area contributed by atoms with Gasteiger partial charge in [0.1, 0.15) is 0 Å². The molecule has 0 bridgehead atoms. The molecule has 1 saturated carbocycles. The molecule has 4 heteroatoms. The first kappa shape index (κ1) is 14.5. The summed E-state index contributed by atoms with van der Waals surface area (Å²) < 4.78 is 5.81. The molecule has 1 aromatic carbocycles. The van der Waals surface area contributed by atoms with Gasteiger partial charge < -0.3 is 9.64 Å². The smallest absolute Gasteiger partial charge is 0.236 e. The Morgan fingerprint density at radius 2 is 2.05 bits per heavy atom. The molecule has 4 nitrogen and oxygen atoms in total. The van der Waals surface area contributed by atoms with Gasteiger partial charge in [0.2, 0.25) is 5.91 Å². The van der Waals surface area contributed by atoms with Crippen molar-refractivity contribution in [2.75, 3.05) is 26.7 Å². The molecular formula is C17H24N2O2. The van der Waals surface area contributed by atoms with Gasteiger partial charge in [-0.05, 0) is 25.3 Å². The number of rotatable bonds is 4. The van der Waals surface area contributed by atoms with Crippen molar-refractivity contribution in [3.8, 4) is 0 Å². The highest BCUT2D eigenvalue weighted by atomic mass is 16.5. The summed E-state index contributed by atoms with van der Waals surface area (Å²) in [4.78, 5) is 16.6. The van der Waals surface area contributed by atoms with Crippen LogP contribution in [0.4, 0.5) is 0 Å². The van der Waals surface area contributed by atoms with Gasteiger partial charge >= 0.3 is 0 Å². The molecule has 1 saturated heterocycles. The monoisotopic (exact) mass is 288 g/mol. The molecule has 1 aromatic rings. The van der Waals surface area contributed by atoms with Gasteiger partial charge in [-0.1, -0.05) is 30.3 Å². The predicted octanol–water partition coefficient (Wildman–Crippen LogP) is 2.07. The van der Waals surface area contributed by atoms with E-state index in [1.165, 1.54) is 5.56 Å². The number of likely N-dealkylation sites (N-methyl/N-ethyl adjacent to an activating group) is 1. The first-order valence-electron chi connectivity index (χ1n) is 7.81. The van der Waals surface area contributed by atoms with Crippen molar-refractivity contribution in [2.24, 2.45) is 0 Å². The summed E-state index contributed by atoms with van der Waals surface area (Å²) in [5, 5.41) is 0. The minimum absolute atomic E-state index is 0.180. The quantitative estimate of drug-likeness (QED) is 0.850. The highest BCUT2D eigenvalue weighted by Gasteiger charge is 2.33. The van der Waals surface area contributed by atoms with Crippen LogP contribution < -0.4 is 0 Å². The van der Waals surface area contributed by atoms with E-state index in [4.69, 9.17) is 4.74 Å². The average molecular weight is 288 g/mol. The zero-order chi connectivity index (χ0) is 14.8. The Morgan fingerprint density at radius 1 is 1.33 bits per heavy atom. The van der Waals surface area contributed by atoms with Crippen molar-refractivity contribution >= 4 is 5.91 Å². The summed E-state index contributed by atoms with van der Waals surface area (Å²) in [6.07, 6.45) is 2.50. The largest absolute Gasteiger partial charge is 0.375 e. The number of benzene rings is 1. The fourth-order valence-corrected chi connectivity index (χ4v) is 2.98. The Balaban J connectivity index is 1.70. The average Bonchev–Trinajstić information content (AvgIpc) is 3.32. The van der Waals surface area contributed by atoms with Crippen LogP contribution in [0.15, 0.2) is 30.3 Å². The van der Waals surface area contributed by atoms with Gasteiger partial charge in [0.15, 0.2) is 0 Å². The topological polar surface area (TPSA) is 32.8 Å². The number of hydrogen-bond acceptors (Lipinski definition) is 3. The van der Waals surface area contributed by atoms with Gasteiger partial charge in [-0.15, -0.1) is 0 Å².